The Hall–Kier alpha value is -2.59. The average Bonchev–Trinajstić information content (AvgIpc) is 3.14. The van der Waals surface area contributed by atoms with Gasteiger partial charge < -0.3 is 10.1 Å². The van der Waals surface area contributed by atoms with Gasteiger partial charge in [0.25, 0.3) is 0 Å². The third-order valence-electron chi connectivity index (χ3n) is 5.88. The minimum Gasteiger partial charge on any atom is -0.512 e. The monoisotopic (exact) mass is 691 g/mol. The molecule has 1 radical (unpaired) electrons. The van der Waals surface area contributed by atoms with Crippen LogP contribution in [0.4, 0.5) is 0 Å². The molecule has 0 saturated carbocycles. The fourth-order valence-electron chi connectivity index (χ4n) is 4.35. The molecule has 0 aliphatic heterocycles. The van der Waals surface area contributed by atoms with Gasteiger partial charge in [0, 0.05) is 47.3 Å². The summed E-state index contributed by atoms with van der Waals surface area (Å²) in [6.07, 6.45) is 3.18. The molecule has 4 rings (SSSR count). The molecule has 2 aromatic carbocycles. The predicted octanol–water partition coefficient (Wildman–Crippen LogP) is 9.00. The standard InChI is InChI=1S/C27H28NS.C5H8O2.Ir/c1-16-8-18(3)26(19(4)9-16)25-13-21-15-28-23(14-24(21)29-25)20-10-17(2)11-22(12-20)27(5,6)7;1-4(6)3-5(2)7;/h8-9,11-15H,1-7H3;3,6H,1-2H3;/q-1;;/b;4-3-;. The number of aromatic nitrogens is 1. The van der Waals surface area contributed by atoms with E-state index in [9.17, 15) is 4.79 Å². The van der Waals surface area contributed by atoms with Crippen LogP contribution in [0.5, 0.6) is 0 Å². The number of thiophene rings is 1. The van der Waals surface area contributed by atoms with E-state index >= 15 is 0 Å². The molecule has 2 heterocycles. The third kappa shape index (κ3) is 7.94. The number of hydrogen-bond donors (Lipinski definition) is 1. The number of rotatable bonds is 3. The van der Waals surface area contributed by atoms with Crippen molar-refractivity contribution in [3.63, 3.8) is 0 Å². The van der Waals surface area contributed by atoms with Crippen molar-refractivity contribution in [1.82, 2.24) is 4.98 Å². The van der Waals surface area contributed by atoms with E-state index < -0.39 is 0 Å². The molecule has 1 N–H and O–H groups in total. The van der Waals surface area contributed by atoms with Crippen LogP contribution in [0, 0.1) is 33.8 Å². The quantitative estimate of drug-likeness (QED) is 0.133. The molecule has 0 spiro atoms. The molecular weight excluding hydrogens is 655 g/mol. The van der Waals surface area contributed by atoms with Crippen molar-refractivity contribution in [3.8, 4) is 21.7 Å². The van der Waals surface area contributed by atoms with E-state index in [1.807, 2.05) is 17.5 Å². The van der Waals surface area contributed by atoms with E-state index in [0.29, 0.717) is 0 Å². The van der Waals surface area contributed by atoms with Crippen LogP contribution in [0.25, 0.3) is 31.8 Å². The minimum absolute atomic E-state index is 0. The summed E-state index contributed by atoms with van der Waals surface area (Å²) in [7, 11) is 0. The number of aliphatic hydroxyl groups is 1. The van der Waals surface area contributed by atoms with Crippen LogP contribution < -0.4 is 0 Å². The second-order valence-electron chi connectivity index (χ2n) is 10.6. The molecule has 197 valence electrons. The zero-order chi connectivity index (χ0) is 26.8. The summed E-state index contributed by atoms with van der Waals surface area (Å²) < 4.78 is 1.27. The molecule has 2 aromatic heterocycles. The van der Waals surface area contributed by atoms with Crippen molar-refractivity contribution >= 4 is 27.2 Å². The maximum atomic E-state index is 10.0. The topological polar surface area (TPSA) is 50.2 Å². The molecule has 5 heteroatoms. The summed E-state index contributed by atoms with van der Waals surface area (Å²) in [6.45, 7) is 18.3. The van der Waals surface area contributed by atoms with Crippen molar-refractivity contribution in [2.45, 2.75) is 67.7 Å². The van der Waals surface area contributed by atoms with Crippen LogP contribution in [0.1, 0.15) is 62.4 Å². The van der Waals surface area contributed by atoms with E-state index in [1.54, 1.807) is 0 Å². The van der Waals surface area contributed by atoms with Gasteiger partial charge in [-0.25, -0.2) is 0 Å². The number of allylic oxidation sites excluding steroid dienone is 2. The Morgan fingerprint density at radius 3 is 2.11 bits per heavy atom. The molecular formula is C32H36IrNO2S-. The van der Waals surface area contributed by atoms with Gasteiger partial charge in [0.15, 0.2) is 5.78 Å². The van der Waals surface area contributed by atoms with Crippen LogP contribution in [0.2, 0.25) is 0 Å². The van der Waals surface area contributed by atoms with Gasteiger partial charge in [0.05, 0.1) is 5.76 Å². The third-order valence-corrected chi connectivity index (χ3v) is 7.00. The fourth-order valence-corrected chi connectivity index (χ4v) is 5.60. The molecule has 4 aromatic rings. The average molecular weight is 691 g/mol. The number of pyridine rings is 1. The SMILES string of the molecule is CC(=O)/C=C(/C)O.Cc1[c-]c(-c2cc3sc(-c4c(C)cc(C)cc4C)cc3cn2)cc(C(C)(C)C)c1.[Ir]. The van der Waals surface area contributed by atoms with Crippen LogP contribution in [0.15, 0.2) is 54.4 Å². The number of ketones is 1. The molecule has 0 fully saturated rings. The Kier molecular flexibility index (Phi) is 10.2. The maximum Gasteiger partial charge on any atom is 0.155 e. The Labute approximate surface area is 239 Å². The largest absolute Gasteiger partial charge is 0.512 e. The molecule has 37 heavy (non-hydrogen) atoms. The van der Waals surface area contributed by atoms with E-state index in [2.05, 4.69) is 90.9 Å². The van der Waals surface area contributed by atoms with Crippen molar-refractivity contribution in [1.29, 1.82) is 0 Å². The van der Waals surface area contributed by atoms with Gasteiger partial charge in [-0.3, -0.25) is 4.79 Å². The fraction of sp³-hybridized carbons (Fsp3) is 0.312. The number of carbonyl (C=O) groups is 1. The van der Waals surface area contributed by atoms with Gasteiger partial charge in [-0.1, -0.05) is 51.5 Å². The number of aliphatic hydroxyl groups excluding tert-OH is 1. The van der Waals surface area contributed by atoms with Gasteiger partial charge in [0.1, 0.15) is 0 Å². The summed E-state index contributed by atoms with van der Waals surface area (Å²) in [5.41, 5.74) is 10.0. The van der Waals surface area contributed by atoms with Crippen LogP contribution in [-0.4, -0.2) is 15.9 Å². The molecule has 0 unspecified atom stereocenters. The molecule has 0 aliphatic rings. The van der Waals surface area contributed by atoms with Crippen LogP contribution in [-0.2, 0) is 30.3 Å². The summed E-state index contributed by atoms with van der Waals surface area (Å²) in [5, 5.41) is 9.57. The molecule has 0 aliphatic carbocycles. The van der Waals surface area contributed by atoms with Crippen LogP contribution >= 0.6 is 11.3 Å². The van der Waals surface area contributed by atoms with Gasteiger partial charge in [0.2, 0.25) is 0 Å². The number of nitrogens with zero attached hydrogens (tertiary/aromatic N) is 1. The van der Waals surface area contributed by atoms with E-state index in [1.165, 1.54) is 62.7 Å². The Morgan fingerprint density at radius 1 is 0.973 bits per heavy atom. The Balaban J connectivity index is 0.000000532. The van der Waals surface area contributed by atoms with Crippen molar-refractivity contribution in [2.75, 3.05) is 0 Å². The smallest absolute Gasteiger partial charge is 0.155 e. The Bertz CT molecular complexity index is 1430. The maximum absolute atomic E-state index is 10.0. The van der Waals surface area contributed by atoms with Gasteiger partial charge in [-0.05, 0) is 68.5 Å². The first-order chi connectivity index (χ1) is 16.7. The van der Waals surface area contributed by atoms with Crippen molar-refractivity contribution in [3.05, 3.63) is 88.3 Å². The number of fused-ring (bicyclic) bond motifs is 1. The van der Waals surface area contributed by atoms with Crippen LogP contribution in [0.3, 0.4) is 0 Å². The first-order valence-electron chi connectivity index (χ1n) is 12.1. The van der Waals surface area contributed by atoms with E-state index in [4.69, 9.17) is 10.1 Å². The van der Waals surface area contributed by atoms with Crippen molar-refractivity contribution in [2.24, 2.45) is 0 Å². The van der Waals surface area contributed by atoms with E-state index in [0.717, 1.165) is 16.8 Å². The minimum atomic E-state index is -0.125. The zero-order valence-electron chi connectivity index (χ0n) is 23.2. The summed E-state index contributed by atoms with van der Waals surface area (Å²) in [5.74, 6) is -0.0625. The second kappa shape index (κ2) is 12.3. The summed E-state index contributed by atoms with van der Waals surface area (Å²) in [6, 6.07) is 17.0. The number of hydrogen-bond acceptors (Lipinski definition) is 4. The second-order valence-corrected chi connectivity index (χ2v) is 11.7. The molecule has 0 bridgehead atoms. The summed E-state index contributed by atoms with van der Waals surface area (Å²) >= 11 is 1.85. The normalized spacial score (nSPS) is 11.5. The number of carbonyl (C=O) groups excluding carboxylic acids is 1. The molecule has 0 atom stereocenters. The van der Waals surface area contributed by atoms with Gasteiger partial charge >= 0.3 is 0 Å². The van der Waals surface area contributed by atoms with Gasteiger partial charge in [-0.2, -0.15) is 0 Å². The first kappa shape index (κ1) is 30.6. The zero-order valence-corrected chi connectivity index (χ0v) is 26.4. The summed E-state index contributed by atoms with van der Waals surface area (Å²) in [4.78, 5) is 16.1. The molecule has 3 nitrogen and oxygen atoms in total. The van der Waals surface area contributed by atoms with E-state index in [-0.39, 0.29) is 37.1 Å². The van der Waals surface area contributed by atoms with Crippen molar-refractivity contribution < 1.29 is 30.0 Å². The van der Waals surface area contributed by atoms with Gasteiger partial charge in [-0.15, -0.1) is 46.2 Å². The Morgan fingerprint density at radius 2 is 1.59 bits per heavy atom. The predicted molar refractivity (Wildman–Crippen MR) is 154 cm³/mol. The molecule has 0 amide bonds. The number of benzene rings is 2. The first-order valence-corrected chi connectivity index (χ1v) is 13.0. The number of aryl methyl sites for hydroxylation is 4. The molecule has 0 saturated heterocycles.